The summed E-state index contributed by atoms with van der Waals surface area (Å²) in [6.07, 6.45) is 1.18. The summed E-state index contributed by atoms with van der Waals surface area (Å²) < 4.78 is 8.78. The summed E-state index contributed by atoms with van der Waals surface area (Å²) in [5.74, 6) is -0.0929. The van der Waals surface area contributed by atoms with Gasteiger partial charge in [0, 0.05) is 12.0 Å². The lowest BCUT2D eigenvalue weighted by Gasteiger charge is -2.50. The van der Waals surface area contributed by atoms with Crippen LogP contribution in [0.1, 0.15) is 33.5 Å². The van der Waals surface area contributed by atoms with Gasteiger partial charge in [0.05, 0.1) is 24.5 Å². The van der Waals surface area contributed by atoms with Crippen molar-refractivity contribution in [2.75, 3.05) is 11.9 Å². The highest BCUT2D eigenvalue weighted by atomic mass is 16.6. The first-order chi connectivity index (χ1) is 22.1. The predicted octanol–water partition coefficient (Wildman–Crippen LogP) is 4.91. The highest BCUT2D eigenvalue weighted by Gasteiger charge is 2.63. The van der Waals surface area contributed by atoms with Gasteiger partial charge < -0.3 is 20.3 Å². The molecule has 0 saturated carbocycles. The van der Waals surface area contributed by atoms with E-state index in [1.54, 1.807) is 30.6 Å². The molecule has 0 unspecified atom stereocenters. The number of hydrogen-bond acceptors (Lipinski definition) is 7. The fraction of sp³-hybridized carbons (Fsp3) is 0.167. The summed E-state index contributed by atoms with van der Waals surface area (Å²) in [7, 11) is 0. The van der Waals surface area contributed by atoms with Gasteiger partial charge in [0.25, 0.3) is 5.91 Å². The molecule has 1 fully saturated rings. The van der Waals surface area contributed by atoms with Crippen LogP contribution in [0.5, 0.6) is 0 Å². The van der Waals surface area contributed by atoms with Crippen LogP contribution < -0.4 is 5.32 Å². The zero-order valence-corrected chi connectivity index (χ0v) is 24.3. The molecular weight excluding hydrogens is 566 g/mol. The number of rotatable bonds is 8. The van der Waals surface area contributed by atoms with Crippen LogP contribution in [0.25, 0.3) is 11.2 Å². The molecule has 0 spiro atoms. The first kappa shape index (κ1) is 28.5. The van der Waals surface area contributed by atoms with E-state index in [-0.39, 0.29) is 18.1 Å². The molecule has 3 heterocycles. The lowest BCUT2D eigenvalue weighted by Crippen LogP contribution is -2.55. The largest absolute Gasteiger partial charge is 0.394 e. The zero-order chi connectivity index (χ0) is 30.9. The number of fused-ring (bicyclic) bond motifs is 1. The van der Waals surface area contributed by atoms with Gasteiger partial charge in [0.2, 0.25) is 0 Å². The molecule has 0 radical (unpaired) electrons. The Labute approximate surface area is 259 Å². The number of ether oxygens (including phenoxy) is 1. The Bertz CT molecular complexity index is 1820. The molecule has 1 aliphatic heterocycles. The molecule has 9 nitrogen and oxygen atoms in total. The third-order valence-electron chi connectivity index (χ3n) is 8.64. The van der Waals surface area contributed by atoms with Crippen LogP contribution in [0.4, 0.5) is 5.82 Å². The molecule has 0 aliphatic carbocycles. The van der Waals surface area contributed by atoms with E-state index in [0.717, 1.165) is 16.7 Å². The number of aliphatic hydroxyl groups is 2. The molecule has 1 saturated heterocycles. The predicted molar refractivity (Wildman–Crippen MR) is 169 cm³/mol. The van der Waals surface area contributed by atoms with Crippen LogP contribution in [-0.2, 0) is 15.9 Å². The molecule has 0 bridgehead atoms. The highest BCUT2D eigenvalue weighted by Crippen LogP contribution is 2.57. The van der Waals surface area contributed by atoms with Gasteiger partial charge in [0.1, 0.15) is 12.4 Å². The molecule has 4 aromatic carbocycles. The van der Waals surface area contributed by atoms with Crippen molar-refractivity contribution >= 4 is 22.9 Å². The molecule has 2 aromatic heterocycles. The van der Waals surface area contributed by atoms with Crippen molar-refractivity contribution in [3.8, 4) is 0 Å². The van der Waals surface area contributed by atoms with Gasteiger partial charge in [0.15, 0.2) is 22.7 Å². The van der Waals surface area contributed by atoms with E-state index < -0.39 is 30.0 Å². The van der Waals surface area contributed by atoms with E-state index in [4.69, 9.17) is 9.72 Å². The van der Waals surface area contributed by atoms with E-state index >= 15 is 0 Å². The third-order valence-corrected chi connectivity index (χ3v) is 8.64. The third kappa shape index (κ3) is 4.60. The SMILES string of the molecule is O=C(Nc1ncnc2c1ncn2[C@@]1(C(c2ccccc2)(c2ccccc2)c2ccccc2)C[C@H](O)[C@@H](CO)O1)c1ccccc1. The summed E-state index contributed by atoms with van der Waals surface area (Å²) in [4.78, 5) is 26.9. The lowest BCUT2D eigenvalue weighted by molar-refractivity contribution is -0.142. The van der Waals surface area contributed by atoms with Crippen LogP contribution in [0.15, 0.2) is 134 Å². The maximum Gasteiger partial charge on any atom is 0.256 e. The molecule has 224 valence electrons. The van der Waals surface area contributed by atoms with Crippen LogP contribution in [0, 0.1) is 0 Å². The summed E-state index contributed by atoms with van der Waals surface area (Å²) in [5.41, 5.74) is 1.47. The van der Waals surface area contributed by atoms with Crippen molar-refractivity contribution in [1.82, 2.24) is 19.5 Å². The van der Waals surface area contributed by atoms with Gasteiger partial charge in [-0.15, -0.1) is 0 Å². The van der Waals surface area contributed by atoms with Crippen molar-refractivity contribution < 1.29 is 19.7 Å². The Hall–Kier alpha value is -5.22. The molecule has 3 atom stereocenters. The van der Waals surface area contributed by atoms with Gasteiger partial charge in [-0.2, -0.15) is 0 Å². The Morgan fingerprint density at radius 3 is 1.87 bits per heavy atom. The van der Waals surface area contributed by atoms with Gasteiger partial charge in [-0.05, 0) is 28.8 Å². The number of anilines is 1. The average molecular weight is 598 g/mol. The van der Waals surface area contributed by atoms with Gasteiger partial charge in [-0.3, -0.25) is 9.36 Å². The molecule has 3 N–H and O–H groups in total. The number of nitrogens with one attached hydrogen (secondary N) is 1. The number of amides is 1. The van der Waals surface area contributed by atoms with Crippen LogP contribution in [0.3, 0.4) is 0 Å². The van der Waals surface area contributed by atoms with E-state index in [0.29, 0.717) is 16.7 Å². The molecular formula is C36H31N5O4. The molecule has 6 aromatic rings. The number of aromatic nitrogens is 4. The number of imidazole rings is 1. The fourth-order valence-corrected chi connectivity index (χ4v) is 6.73. The van der Waals surface area contributed by atoms with Crippen molar-refractivity contribution in [1.29, 1.82) is 0 Å². The Morgan fingerprint density at radius 2 is 1.36 bits per heavy atom. The lowest BCUT2D eigenvalue weighted by atomic mass is 9.61. The van der Waals surface area contributed by atoms with E-state index in [2.05, 4.69) is 15.3 Å². The molecule has 7 rings (SSSR count). The number of carbonyl (C=O) groups excluding carboxylic acids is 1. The van der Waals surface area contributed by atoms with E-state index in [9.17, 15) is 15.0 Å². The Balaban J connectivity index is 1.53. The number of nitrogens with zero attached hydrogens (tertiary/aromatic N) is 4. The Kier molecular flexibility index (Phi) is 7.42. The van der Waals surface area contributed by atoms with Crippen molar-refractivity contribution in [2.45, 2.75) is 29.8 Å². The number of benzene rings is 4. The molecule has 1 aliphatic rings. The normalized spacial score (nSPS) is 19.9. The minimum Gasteiger partial charge on any atom is -0.394 e. The van der Waals surface area contributed by atoms with Crippen LogP contribution >= 0.6 is 0 Å². The molecule has 1 amide bonds. The second kappa shape index (κ2) is 11.7. The first-order valence-electron chi connectivity index (χ1n) is 14.8. The summed E-state index contributed by atoms with van der Waals surface area (Å²) in [5, 5.41) is 24.8. The smallest absolute Gasteiger partial charge is 0.256 e. The van der Waals surface area contributed by atoms with Crippen molar-refractivity contribution in [2.24, 2.45) is 0 Å². The zero-order valence-electron chi connectivity index (χ0n) is 24.3. The van der Waals surface area contributed by atoms with Crippen LogP contribution in [-0.4, -0.2) is 54.5 Å². The van der Waals surface area contributed by atoms with Crippen LogP contribution in [0.2, 0.25) is 0 Å². The first-order valence-corrected chi connectivity index (χ1v) is 14.8. The standard InChI is InChI=1S/C36H31N5O4/c42-22-30-29(43)21-35(45-30,41-24-39-31-32(37-23-38-33(31)41)40-34(44)25-13-5-1-6-14-25)36(26-15-7-2-8-16-26,27-17-9-3-10-18-27)28-19-11-4-12-20-28/h1-20,23-24,29-30,42-43H,21-22H2,(H,37,38,40,44)/t29-,30+,35-/m0/s1. The van der Waals surface area contributed by atoms with Gasteiger partial charge in [-0.25, -0.2) is 15.0 Å². The van der Waals surface area contributed by atoms with E-state index in [1.165, 1.54) is 6.33 Å². The second-order valence-corrected chi connectivity index (χ2v) is 11.1. The van der Waals surface area contributed by atoms with E-state index in [1.807, 2.05) is 102 Å². The maximum absolute atomic E-state index is 13.1. The quantitative estimate of drug-likeness (QED) is 0.213. The fourth-order valence-electron chi connectivity index (χ4n) is 6.73. The second-order valence-electron chi connectivity index (χ2n) is 11.1. The average Bonchev–Trinajstić information content (AvgIpc) is 3.69. The van der Waals surface area contributed by atoms with Gasteiger partial charge >= 0.3 is 0 Å². The van der Waals surface area contributed by atoms with Crippen molar-refractivity contribution in [3.05, 3.63) is 156 Å². The summed E-state index contributed by atoms with van der Waals surface area (Å²) in [6.45, 7) is -0.392. The Morgan fingerprint density at radius 1 is 0.822 bits per heavy atom. The minimum atomic E-state index is -1.40. The topological polar surface area (TPSA) is 122 Å². The maximum atomic E-state index is 13.1. The summed E-state index contributed by atoms with van der Waals surface area (Å²) in [6, 6.07) is 38.9. The molecule has 9 heteroatoms. The monoisotopic (exact) mass is 597 g/mol. The minimum absolute atomic E-state index is 0.0953. The van der Waals surface area contributed by atoms with Crippen molar-refractivity contribution in [3.63, 3.8) is 0 Å². The highest BCUT2D eigenvalue weighted by molar-refractivity contribution is 6.06. The van der Waals surface area contributed by atoms with Gasteiger partial charge in [-0.1, -0.05) is 109 Å². The number of aliphatic hydroxyl groups excluding tert-OH is 2. The number of hydrogen-bond donors (Lipinski definition) is 3. The number of carbonyl (C=O) groups is 1. The molecule has 45 heavy (non-hydrogen) atoms. The summed E-state index contributed by atoms with van der Waals surface area (Å²) >= 11 is 0.